The lowest BCUT2D eigenvalue weighted by Crippen LogP contribution is -2.23. The van der Waals surface area contributed by atoms with Crippen LogP contribution in [0.2, 0.25) is 0 Å². The van der Waals surface area contributed by atoms with Crippen LogP contribution in [0.3, 0.4) is 0 Å². The van der Waals surface area contributed by atoms with E-state index in [2.05, 4.69) is 25.6 Å². The fraction of sp³-hybridized carbons (Fsp3) is 0.0714. The molecule has 0 fully saturated rings. The van der Waals surface area contributed by atoms with Gasteiger partial charge < -0.3 is 5.32 Å². The maximum Gasteiger partial charge on any atom is 0.286 e. The van der Waals surface area contributed by atoms with E-state index in [0.29, 0.717) is 17.9 Å². The largest absolute Gasteiger partial charge is 0.342 e. The summed E-state index contributed by atoms with van der Waals surface area (Å²) in [7, 11) is -3.61. The molecule has 0 aliphatic carbocycles. The van der Waals surface area contributed by atoms with E-state index in [1.54, 1.807) is 24.3 Å². The third kappa shape index (κ3) is 2.48. The molecule has 4 nitrogen and oxygen atoms in total. The molecule has 2 aromatic carbocycles. The van der Waals surface area contributed by atoms with Gasteiger partial charge in [-0.25, -0.2) is 0 Å². The van der Waals surface area contributed by atoms with Crippen molar-refractivity contribution in [1.29, 1.82) is 0 Å². The average Bonchev–Trinajstić information content (AvgIpc) is 2.41. The average molecular weight is 351 g/mol. The summed E-state index contributed by atoms with van der Waals surface area (Å²) in [5, 5.41) is 3.08. The van der Waals surface area contributed by atoms with Crippen molar-refractivity contribution in [3.8, 4) is 0 Å². The van der Waals surface area contributed by atoms with Crippen molar-refractivity contribution in [3.63, 3.8) is 0 Å². The molecular formula is C14H11BrN2O2S. The van der Waals surface area contributed by atoms with Crippen LogP contribution in [0.5, 0.6) is 0 Å². The molecule has 0 spiro atoms. The Hall–Kier alpha value is -1.66. The van der Waals surface area contributed by atoms with Crippen molar-refractivity contribution in [1.82, 2.24) is 0 Å². The standard InChI is InChI=1S/C14H11BrN2O2S/c15-11-6-2-1-5-10(11)9-14-16-12-7-3-4-8-13(12)20(18,19)17-14/h1-8H,9H2,(H,16,17). The third-order valence-electron chi connectivity index (χ3n) is 2.99. The summed E-state index contributed by atoms with van der Waals surface area (Å²) in [4.78, 5) is 0.218. The molecule has 0 unspecified atom stereocenters. The van der Waals surface area contributed by atoms with E-state index < -0.39 is 10.0 Å². The quantitative estimate of drug-likeness (QED) is 0.904. The Morgan fingerprint density at radius 2 is 1.75 bits per heavy atom. The van der Waals surface area contributed by atoms with E-state index in [0.717, 1.165) is 10.0 Å². The van der Waals surface area contributed by atoms with Crippen LogP contribution >= 0.6 is 15.9 Å². The summed E-state index contributed by atoms with van der Waals surface area (Å²) < 4.78 is 29.0. The molecule has 1 aliphatic rings. The number of benzene rings is 2. The smallest absolute Gasteiger partial charge is 0.286 e. The van der Waals surface area contributed by atoms with E-state index >= 15 is 0 Å². The van der Waals surface area contributed by atoms with Gasteiger partial charge in [0.1, 0.15) is 10.7 Å². The number of hydrogen-bond donors (Lipinski definition) is 1. The summed E-state index contributed by atoms with van der Waals surface area (Å²) in [6, 6.07) is 14.4. The number of amidine groups is 1. The zero-order valence-electron chi connectivity index (χ0n) is 10.4. The molecule has 1 heterocycles. The second kappa shape index (κ2) is 5.03. The zero-order valence-corrected chi connectivity index (χ0v) is 12.8. The number of hydrogen-bond acceptors (Lipinski definition) is 3. The number of nitrogens with one attached hydrogen (secondary N) is 1. The van der Waals surface area contributed by atoms with E-state index in [1.165, 1.54) is 0 Å². The summed E-state index contributed by atoms with van der Waals surface area (Å²) in [5.41, 5.74) is 1.55. The topological polar surface area (TPSA) is 58.5 Å². The van der Waals surface area contributed by atoms with Crippen LogP contribution in [-0.2, 0) is 16.4 Å². The lowest BCUT2D eigenvalue weighted by atomic mass is 10.1. The van der Waals surface area contributed by atoms with Gasteiger partial charge in [0.05, 0.1) is 5.69 Å². The monoisotopic (exact) mass is 350 g/mol. The highest BCUT2D eigenvalue weighted by Crippen LogP contribution is 2.28. The molecular weight excluding hydrogens is 340 g/mol. The highest BCUT2D eigenvalue weighted by molar-refractivity contribution is 9.10. The second-order valence-corrected chi connectivity index (χ2v) is 6.83. The van der Waals surface area contributed by atoms with Crippen LogP contribution in [0.4, 0.5) is 5.69 Å². The van der Waals surface area contributed by atoms with Crippen molar-refractivity contribution in [2.75, 3.05) is 5.32 Å². The minimum Gasteiger partial charge on any atom is -0.342 e. The first-order valence-corrected chi connectivity index (χ1v) is 8.23. The predicted molar refractivity (Wildman–Crippen MR) is 82.5 cm³/mol. The maximum atomic E-state index is 12.1. The third-order valence-corrected chi connectivity index (χ3v) is 5.14. The van der Waals surface area contributed by atoms with Crippen molar-refractivity contribution < 1.29 is 8.42 Å². The number of nitrogens with zero attached hydrogens (tertiary/aromatic N) is 1. The number of rotatable bonds is 2. The van der Waals surface area contributed by atoms with Crippen molar-refractivity contribution in [2.45, 2.75) is 11.3 Å². The zero-order chi connectivity index (χ0) is 14.2. The first kappa shape index (κ1) is 13.3. The van der Waals surface area contributed by atoms with Crippen LogP contribution in [-0.4, -0.2) is 14.3 Å². The molecule has 1 aliphatic heterocycles. The fourth-order valence-corrected chi connectivity index (χ4v) is 3.64. The molecule has 6 heteroatoms. The highest BCUT2D eigenvalue weighted by atomic mass is 79.9. The lowest BCUT2D eigenvalue weighted by molar-refractivity contribution is 0.597. The van der Waals surface area contributed by atoms with Crippen LogP contribution in [0, 0.1) is 0 Å². The van der Waals surface area contributed by atoms with Crippen molar-refractivity contribution in [3.05, 3.63) is 58.6 Å². The van der Waals surface area contributed by atoms with Crippen molar-refractivity contribution >= 4 is 37.5 Å². The van der Waals surface area contributed by atoms with Gasteiger partial charge in [-0.2, -0.15) is 8.42 Å². The Morgan fingerprint density at radius 3 is 2.55 bits per heavy atom. The van der Waals surface area contributed by atoms with Gasteiger partial charge in [-0.3, -0.25) is 0 Å². The Labute approximate surface area is 125 Å². The molecule has 0 amide bonds. The number of sulfonamides is 1. The second-order valence-electron chi connectivity index (χ2n) is 4.40. The number of fused-ring (bicyclic) bond motifs is 1. The Kier molecular flexibility index (Phi) is 3.35. The molecule has 0 atom stereocenters. The molecule has 0 bridgehead atoms. The van der Waals surface area contributed by atoms with Crippen LogP contribution in [0.1, 0.15) is 5.56 Å². The van der Waals surface area contributed by atoms with Gasteiger partial charge in [0.2, 0.25) is 0 Å². The minimum absolute atomic E-state index is 0.218. The number of para-hydroxylation sites is 1. The molecule has 0 aromatic heterocycles. The van der Waals surface area contributed by atoms with Crippen LogP contribution in [0.25, 0.3) is 0 Å². The lowest BCUT2D eigenvalue weighted by Gasteiger charge is -2.18. The van der Waals surface area contributed by atoms with Crippen LogP contribution < -0.4 is 5.32 Å². The highest BCUT2D eigenvalue weighted by Gasteiger charge is 2.24. The van der Waals surface area contributed by atoms with Gasteiger partial charge in [-0.05, 0) is 23.8 Å². The molecule has 102 valence electrons. The van der Waals surface area contributed by atoms with E-state index in [1.807, 2.05) is 24.3 Å². The van der Waals surface area contributed by atoms with Gasteiger partial charge in [0, 0.05) is 10.9 Å². The Balaban J connectivity index is 1.98. The molecule has 0 saturated carbocycles. The Morgan fingerprint density at radius 1 is 1.05 bits per heavy atom. The fourth-order valence-electron chi connectivity index (χ4n) is 2.07. The SMILES string of the molecule is O=S1(=O)N=C(Cc2ccccc2Br)Nc2ccccc21. The number of halogens is 1. The van der Waals surface area contributed by atoms with E-state index in [9.17, 15) is 8.42 Å². The maximum absolute atomic E-state index is 12.1. The molecule has 20 heavy (non-hydrogen) atoms. The summed E-state index contributed by atoms with van der Waals surface area (Å²) in [6.45, 7) is 0. The molecule has 1 N–H and O–H groups in total. The molecule has 0 radical (unpaired) electrons. The van der Waals surface area contributed by atoms with Gasteiger partial charge >= 0.3 is 0 Å². The van der Waals surface area contributed by atoms with Crippen molar-refractivity contribution in [2.24, 2.45) is 4.40 Å². The summed E-state index contributed by atoms with van der Waals surface area (Å²) >= 11 is 3.45. The Bertz CT molecular complexity index is 800. The van der Waals surface area contributed by atoms with Gasteiger partial charge in [0.15, 0.2) is 0 Å². The van der Waals surface area contributed by atoms with Gasteiger partial charge in [0.25, 0.3) is 10.0 Å². The minimum atomic E-state index is -3.61. The van der Waals surface area contributed by atoms with Crippen LogP contribution in [0.15, 0.2) is 62.3 Å². The summed E-state index contributed by atoms with van der Waals surface area (Å²) in [6.07, 6.45) is 0.426. The van der Waals surface area contributed by atoms with Gasteiger partial charge in [-0.15, -0.1) is 4.40 Å². The summed E-state index contributed by atoms with van der Waals surface area (Å²) in [5.74, 6) is 0.426. The number of anilines is 1. The first-order chi connectivity index (χ1) is 9.56. The van der Waals surface area contributed by atoms with Gasteiger partial charge in [-0.1, -0.05) is 46.3 Å². The van der Waals surface area contributed by atoms with E-state index in [-0.39, 0.29) is 4.90 Å². The molecule has 0 saturated heterocycles. The normalized spacial score (nSPS) is 15.9. The van der Waals surface area contributed by atoms with E-state index in [4.69, 9.17) is 0 Å². The molecule has 3 rings (SSSR count). The first-order valence-electron chi connectivity index (χ1n) is 5.99. The molecule has 2 aromatic rings. The predicted octanol–water partition coefficient (Wildman–Crippen LogP) is 3.20.